The van der Waals surface area contributed by atoms with Gasteiger partial charge in [-0.05, 0) is 36.2 Å². The summed E-state index contributed by atoms with van der Waals surface area (Å²) in [5, 5.41) is 0. The molecule has 1 aliphatic rings. The molecule has 2 unspecified atom stereocenters. The molecule has 0 radical (unpaired) electrons. The average Bonchev–Trinajstić information content (AvgIpc) is 2.92. The highest BCUT2D eigenvalue weighted by molar-refractivity contribution is 5.39. The molecule has 2 aromatic rings. The third kappa shape index (κ3) is 2.86. The van der Waals surface area contributed by atoms with Gasteiger partial charge in [-0.25, -0.2) is 5.43 Å². The van der Waals surface area contributed by atoms with Gasteiger partial charge in [0.1, 0.15) is 17.6 Å². The molecule has 2 aromatic carbocycles. The number of hydrogen-bond acceptors (Lipinski definition) is 4. The second kappa shape index (κ2) is 6.16. The first kappa shape index (κ1) is 13.9. The standard InChI is InChI=1S/C17H20N2O2/c1-2-20-14-8-5-7-13(10-14)17(19-18)16-11-12-6-3-4-9-15(12)21-16/h3-10,16-17,19H,2,11,18H2,1H3. The van der Waals surface area contributed by atoms with E-state index in [0.717, 1.165) is 23.5 Å². The van der Waals surface area contributed by atoms with Crippen LogP contribution in [0.1, 0.15) is 24.1 Å². The van der Waals surface area contributed by atoms with E-state index >= 15 is 0 Å². The lowest BCUT2D eigenvalue weighted by molar-refractivity contribution is 0.179. The van der Waals surface area contributed by atoms with Crippen molar-refractivity contribution in [3.63, 3.8) is 0 Å². The Bertz CT molecular complexity index is 590. The van der Waals surface area contributed by atoms with Gasteiger partial charge in [0.05, 0.1) is 12.6 Å². The molecule has 0 fully saturated rings. The van der Waals surface area contributed by atoms with Gasteiger partial charge >= 0.3 is 0 Å². The summed E-state index contributed by atoms with van der Waals surface area (Å²) in [6.45, 7) is 2.62. The van der Waals surface area contributed by atoms with E-state index in [2.05, 4.69) is 11.5 Å². The largest absolute Gasteiger partial charge is 0.494 e. The van der Waals surface area contributed by atoms with Crippen molar-refractivity contribution in [3.05, 3.63) is 59.7 Å². The lowest BCUT2D eigenvalue weighted by atomic mass is 9.98. The van der Waals surface area contributed by atoms with Crippen molar-refractivity contribution in [1.82, 2.24) is 5.43 Å². The van der Waals surface area contributed by atoms with E-state index in [1.807, 2.05) is 49.4 Å². The molecule has 3 rings (SSSR count). The Labute approximate surface area is 124 Å². The lowest BCUT2D eigenvalue weighted by Crippen LogP contribution is -2.38. The number of nitrogens with one attached hydrogen (secondary N) is 1. The summed E-state index contributed by atoms with van der Waals surface area (Å²) in [6, 6.07) is 16.0. The van der Waals surface area contributed by atoms with E-state index in [1.165, 1.54) is 5.56 Å². The highest BCUT2D eigenvalue weighted by Gasteiger charge is 2.30. The van der Waals surface area contributed by atoms with Crippen molar-refractivity contribution in [2.24, 2.45) is 5.84 Å². The third-order valence-corrected chi connectivity index (χ3v) is 3.75. The highest BCUT2D eigenvalue weighted by Crippen LogP contribution is 2.34. The Kier molecular flexibility index (Phi) is 4.08. The van der Waals surface area contributed by atoms with Crippen LogP contribution in [-0.2, 0) is 6.42 Å². The van der Waals surface area contributed by atoms with Crippen LogP contribution in [0.2, 0.25) is 0 Å². The smallest absolute Gasteiger partial charge is 0.124 e. The van der Waals surface area contributed by atoms with Crippen molar-refractivity contribution in [2.45, 2.75) is 25.5 Å². The Balaban J connectivity index is 1.82. The van der Waals surface area contributed by atoms with E-state index in [1.54, 1.807) is 0 Å². The zero-order chi connectivity index (χ0) is 14.7. The quantitative estimate of drug-likeness (QED) is 0.654. The molecule has 110 valence electrons. The van der Waals surface area contributed by atoms with Gasteiger partial charge in [-0.15, -0.1) is 0 Å². The maximum atomic E-state index is 6.03. The number of hydrazine groups is 1. The summed E-state index contributed by atoms with van der Waals surface area (Å²) in [5.74, 6) is 7.57. The molecule has 2 atom stereocenters. The molecule has 1 aliphatic heterocycles. The van der Waals surface area contributed by atoms with Crippen LogP contribution < -0.4 is 20.7 Å². The average molecular weight is 284 g/mol. The van der Waals surface area contributed by atoms with Crippen LogP contribution in [0, 0.1) is 0 Å². The van der Waals surface area contributed by atoms with Gasteiger partial charge in [-0.2, -0.15) is 0 Å². The number of fused-ring (bicyclic) bond motifs is 1. The summed E-state index contributed by atoms with van der Waals surface area (Å²) in [7, 11) is 0. The van der Waals surface area contributed by atoms with Crippen LogP contribution in [0.3, 0.4) is 0 Å². The van der Waals surface area contributed by atoms with Crippen LogP contribution >= 0.6 is 0 Å². The second-order valence-electron chi connectivity index (χ2n) is 5.12. The van der Waals surface area contributed by atoms with Crippen LogP contribution in [0.25, 0.3) is 0 Å². The maximum absolute atomic E-state index is 6.03. The Hall–Kier alpha value is -2.04. The fraction of sp³-hybridized carbons (Fsp3) is 0.294. The SMILES string of the molecule is CCOc1cccc(C(NN)C2Cc3ccccc3O2)c1. The van der Waals surface area contributed by atoms with Gasteiger partial charge < -0.3 is 9.47 Å². The zero-order valence-corrected chi connectivity index (χ0v) is 12.1. The molecule has 0 saturated heterocycles. The molecule has 0 bridgehead atoms. The van der Waals surface area contributed by atoms with Crippen molar-refractivity contribution < 1.29 is 9.47 Å². The summed E-state index contributed by atoms with van der Waals surface area (Å²) in [5.41, 5.74) is 5.18. The fourth-order valence-electron chi connectivity index (χ4n) is 2.78. The number of para-hydroxylation sites is 1. The molecule has 4 heteroatoms. The van der Waals surface area contributed by atoms with Gasteiger partial charge in [0.15, 0.2) is 0 Å². The minimum absolute atomic E-state index is 0.00993. The van der Waals surface area contributed by atoms with Crippen molar-refractivity contribution in [1.29, 1.82) is 0 Å². The zero-order valence-electron chi connectivity index (χ0n) is 12.1. The summed E-state index contributed by atoms with van der Waals surface area (Å²) >= 11 is 0. The van der Waals surface area contributed by atoms with Crippen LogP contribution in [0.5, 0.6) is 11.5 Å². The normalized spacial score (nSPS) is 17.9. The Morgan fingerprint density at radius 2 is 2.14 bits per heavy atom. The van der Waals surface area contributed by atoms with Crippen molar-refractivity contribution >= 4 is 0 Å². The molecule has 4 nitrogen and oxygen atoms in total. The highest BCUT2D eigenvalue weighted by atomic mass is 16.5. The van der Waals surface area contributed by atoms with Gasteiger partial charge in [-0.3, -0.25) is 5.84 Å². The summed E-state index contributed by atoms with van der Waals surface area (Å²) in [6.07, 6.45) is 0.841. The van der Waals surface area contributed by atoms with Crippen LogP contribution in [-0.4, -0.2) is 12.7 Å². The molecule has 0 spiro atoms. The predicted octanol–water partition coefficient (Wildman–Crippen LogP) is 2.59. The minimum atomic E-state index is -0.0715. The monoisotopic (exact) mass is 284 g/mol. The molecule has 0 aromatic heterocycles. The third-order valence-electron chi connectivity index (χ3n) is 3.75. The Morgan fingerprint density at radius 3 is 2.90 bits per heavy atom. The van der Waals surface area contributed by atoms with Crippen LogP contribution in [0.4, 0.5) is 0 Å². The number of hydrogen-bond donors (Lipinski definition) is 2. The van der Waals surface area contributed by atoms with E-state index in [-0.39, 0.29) is 12.1 Å². The van der Waals surface area contributed by atoms with E-state index < -0.39 is 0 Å². The summed E-state index contributed by atoms with van der Waals surface area (Å²) < 4.78 is 11.6. The lowest BCUT2D eigenvalue weighted by Gasteiger charge is -2.23. The van der Waals surface area contributed by atoms with Crippen molar-refractivity contribution in [3.8, 4) is 11.5 Å². The predicted molar refractivity (Wildman–Crippen MR) is 82.2 cm³/mol. The molecular formula is C17H20N2O2. The van der Waals surface area contributed by atoms with Gasteiger partial charge in [0.25, 0.3) is 0 Å². The van der Waals surface area contributed by atoms with Gasteiger partial charge in [0.2, 0.25) is 0 Å². The van der Waals surface area contributed by atoms with Crippen LogP contribution in [0.15, 0.2) is 48.5 Å². The van der Waals surface area contributed by atoms with E-state index in [9.17, 15) is 0 Å². The number of rotatable bonds is 5. The Morgan fingerprint density at radius 1 is 1.29 bits per heavy atom. The fourth-order valence-corrected chi connectivity index (χ4v) is 2.78. The first-order valence-electron chi connectivity index (χ1n) is 7.25. The molecule has 21 heavy (non-hydrogen) atoms. The molecule has 0 saturated carbocycles. The number of nitrogens with two attached hydrogens (primary N) is 1. The van der Waals surface area contributed by atoms with Crippen molar-refractivity contribution in [2.75, 3.05) is 6.61 Å². The molecule has 3 N–H and O–H groups in total. The topological polar surface area (TPSA) is 56.5 Å². The second-order valence-corrected chi connectivity index (χ2v) is 5.12. The molecule has 0 amide bonds. The first-order chi connectivity index (χ1) is 10.3. The molecule has 0 aliphatic carbocycles. The maximum Gasteiger partial charge on any atom is 0.124 e. The summed E-state index contributed by atoms with van der Waals surface area (Å²) in [4.78, 5) is 0. The van der Waals surface area contributed by atoms with Gasteiger partial charge in [-0.1, -0.05) is 30.3 Å². The number of ether oxygens (including phenoxy) is 2. The van der Waals surface area contributed by atoms with Gasteiger partial charge in [0, 0.05) is 6.42 Å². The first-order valence-corrected chi connectivity index (χ1v) is 7.25. The number of benzene rings is 2. The van der Waals surface area contributed by atoms with E-state index in [0.29, 0.717) is 6.61 Å². The molecule has 1 heterocycles. The van der Waals surface area contributed by atoms with E-state index in [4.69, 9.17) is 15.3 Å². The minimum Gasteiger partial charge on any atom is -0.494 e. The molecular weight excluding hydrogens is 264 g/mol.